The van der Waals surface area contributed by atoms with Gasteiger partial charge in [0.1, 0.15) is 0 Å². The molecule has 0 spiro atoms. The Labute approximate surface area is 170 Å². The maximum absolute atomic E-state index is 10.2. The molecule has 2 aromatic heterocycles. The molecule has 8 nitrogen and oxygen atoms in total. The summed E-state index contributed by atoms with van der Waals surface area (Å²) in [5.74, 6) is -0.579. The zero-order valence-electron chi connectivity index (χ0n) is 16.1. The molecule has 0 aliphatic heterocycles. The average Bonchev–Trinajstić information content (AvgIpc) is 2.63. The number of aromatic nitrogens is 2. The van der Waals surface area contributed by atoms with E-state index in [1.54, 1.807) is 24.8 Å². The van der Waals surface area contributed by atoms with Crippen molar-refractivity contribution < 1.29 is 40.7 Å². The van der Waals surface area contributed by atoms with Crippen LogP contribution in [0.1, 0.15) is 6.92 Å². The van der Waals surface area contributed by atoms with Crippen molar-refractivity contribution in [3.8, 4) is 0 Å². The van der Waals surface area contributed by atoms with Crippen LogP contribution in [0.2, 0.25) is 0 Å². The molecule has 0 atom stereocenters. The van der Waals surface area contributed by atoms with Crippen LogP contribution in [0, 0.1) is 0 Å². The maximum Gasteiger partial charge on any atom is 0.380 e. The molecule has 0 aliphatic carbocycles. The number of halogens is 1. The summed E-state index contributed by atoms with van der Waals surface area (Å²) in [5.41, 5.74) is 2.27. The van der Waals surface area contributed by atoms with Crippen molar-refractivity contribution in [2.45, 2.75) is 6.92 Å². The van der Waals surface area contributed by atoms with Crippen LogP contribution in [-0.2, 0) is 19.1 Å². The number of hydrogen-bond acceptors (Lipinski definition) is 7. The van der Waals surface area contributed by atoms with Crippen molar-refractivity contribution in [1.29, 1.82) is 0 Å². The van der Waals surface area contributed by atoms with Gasteiger partial charge in [-0.1, -0.05) is 0 Å². The number of anilines is 2. The van der Waals surface area contributed by atoms with Crippen LogP contribution < -0.4 is 31.3 Å². The van der Waals surface area contributed by atoms with Gasteiger partial charge in [-0.2, -0.15) is 0 Å². The first-order chi connectivity index (χ1) is 12.3. The van der Waals surface area contributed by atoms with Crippen molar-refractivity contribution in [2.24, 2.45) is 0 Å². The zero-order valence-corrected chi connectivity index (χ0v) is 17.7. The number of rotatable bonds is 4. The highest BCUT2D eigenvalue weighted by Gasteiger charge is 1.98. The second-order valence-electron chi connectivity index (χ2n) is 5.31. The summed E-state index contributed by atoms with van der Waals surface area (Å²) in [7, 11) is 7.94. The number of carbonyl (C=O) groups is 3. The summed E-state index contributed by atoms with van der Waals surface area (Å²) in [6, 6.07) is 7.71. The van der Waals surface area contributed by atoms with E-state index in [0.29, 0.717) is 0 Å². The second-order valence-corrected chi connectivity index (χ2v) is 5.31. The summed E-state index contributed by atoms with van der Waals surface area (Å²) in [6.07, 6.45) is 7.79. The largest absolute Gasteiger partial charge is 1.00 e. The fraction of sp³-hybridized carbons (Fsp3) is 0.278. The first kappa shape index (κ1) is 26.4. The topological polar surface area (TPSA) is 83.7 Å². The van der Waals surface area contributed by atoms with E-state index in [4.69, 9.17) is 0 Å². The van der Waals surface area contributed by atoms with Crippen LogP contribution in [0.25, 0.3) is 0 Å². The highest BCUT2D eigenvalue weighted by Crippen LogP contribution is 2.06. The van der Waals surface area contributed by atoms with Gasteiger partial charge in [-0.05, 0) is 12.1 Å². The van der Waals surface area contributed by atoms with Crippen LogP contribution >= 0.6 is 0 Å². The summed E-state index contributed by atoms with van der Waals surface area (Å²) in [5, 5.41) is 0. The summed E-state index contributed by atoms with van der Waals surface area (Å²) in [4.78, 5) is 36.9. The molecule has 0 saturated heterocycles. The third kappa shape index (κ3) is 13.1. The first-order valence-corrected chi connectivity index (χ1v) is 7.63. The SMILES string of the molecule is CC(=O)OC=O.CN(C)c1cc[n+](C=O)cc1.CN(C)c1ccncc1.[Br-]. The van der Waals surface area contributed by atoms with E-state index in [0.717, 1.165) is 19.0 Å². The number of pyridine rings is 2. The lowest BCUT2D eigenvalue weighted by Crippen LogP contribution is -3.00. The average molecular weight is 441 g/mol. The number of nitrogens with zero attached hydrogens (tertiary/aromatic N) is 4. The molecule has 0 aliphatic rings. The lowest BCUT2D eigenvalue weighted by atomic mass is 10.4. The molecule has 0 aromatic carbocycles. The number of esters is 1. The standard InChI is InChI=1S/C8H11N2O.C7H10N2.C3H4O3.BrH/c1-9(2)8-3-5-10(7-11)6-4-8;1-9(2)7-3-5-8-6-4-7;1-3(5)6-2-4;/h3-7H,1-2H3;3-6H,1-2H3;2H,1H3;1H/q+1;;;/p-1. The molecule has 0 saturated carbocycles. The van der Waals surface area contributed by atoms with Crippen LogP contribution in [0.4, 0.5) is 11.4 Å². The van der Waals surface area contributed by atoms with Crippen molar-refractivity contribution in [3.05, 3.63) is 49.1 Å². The van der Waals surface area contributed by atoms with E-state index in [9.17, 15) is 14.4 Å². The monoisotopic (exact) mass is 440 g/mol. The summed E-state index contributed by atoms with van der Waals surface area (Å²) >= 11 is 0. The Balaban J connectivity index is 0. The zero-order chi connectivity index (χ0) is 19.9. The molecular weight excluding hydrogens is 416 g/mol. The van der Waals surface area contributed by atoms with Crippen molar-refractivity contribution in [3.63, 3.8) is 0 Å². The van der Waals surface area contributed by atoms with E-state index < -0.39 is 5.97 Å². The molecule has 27 heavy (non-hydrogen) atoms. The quantitative estimate of drug-likeness (QED) is 0.234. The van der Waals surface area contributed by atoms with Gasteiger partial charge in [-0.3, -0.25) is 14.6 Å². The molecule has 0 fully saturated rings. The van der Waals surface area contributed by atoms with E-state index in [1.807, 2.05) is 62.3 Å². The fourth-order valence-electron chi connectivity index (χ4n) is 1.51. The molecule has 2 rings (SSSR count). The normalized spacial score (nSPS) is 8.33. The first-order valence-electron chi connectivity index (χ1n) is 7.63. The van der Waals surface area contributed by atoms with Crippen LogP contribution in [0.3, 0.4) is 0 Å². The molecule has 0 amide bonds. The predicted octanol–water partition coefficient (Wildman–Crippen LogP) is -2.06. The van der Waals surface area contributed by atoms with E-state index in [-0.39, 0.29) is 23.5 Å². The number of ether oxygens (including phenoxy) is 1. The minimum absolute atomic E-state index is 0. The highest BCUT2D eigenvalue weighted by molar-refractivity contribution is 5.73. The third-order valence-corrected chi connectivity index (χ3v) is 2.87. The smallest absolute Gasteiger partial charge is 0.380 e. The lowest BCUT2D eigenvalue weighted by molar-refractivity contribution is -0.552. The molecule has 2 aromatic rings. The predicted molar refractivity (Wildman–Crippen MR) is 99.5 cm³/mol. The molecule has 0 N–H and O–H groups in total. The third-order valence-electron chi connectivity index (χ3n) is 2.87. The van der Waals surface area contributed by atoms with E-state index in [2.05, 4.69) is 9.72 Å². The summed E-state index contributed by atoms with van der Waals surface area (Å²) < 4.78 is 5.19. The Hall–Kier alpha value is -2.81. The Bertz CT molecular complexity index is 665. The minimum atomic E-state index is -0.579. The molecular formula is C18H25BrN4O4. The second kappa shape index (κ2) is 15.4. The van der Waals surface area contributed by atoms with Gasteiger partial charge in [0, 0.05) is 71.0 Å². The Kier molecular flexibility index (Phi) is 15.1. The highest BCUT2D eigenvalue weighted by atomic mass is 79.9. The molecule has 0 bridgehead atoms. The van der Waals surface area contributed by atoms with Crippen LogP contribution in [0.5, 0.6) is 0 Å². The van der Waals surface area contributed by atoms with Gasteiger partial charge >= 0.3 is 18.9 Å². The van der Waals surface area contributed by atoms with Gasteiger partial charge in [0.15, 0.2) is 12.4 Å². The minimum Gasteiger partial charge on any atom is -1.00 e. The van der Waals surface area contributed by atoms with Crippen molar-refractivity contribution in [1.82, 2.24) is 4.98 Å². The number of carbonyl (C=O) groups excluding carboxylic acids is 3. The number of hydrogen-bond donors (Lipinski definition) is 0. The fourth-order valence-corrected chi connectivity index (χ4v) is 1.51. The van der Waals surface area contributed by atoms with E-state index >= 15 is 0 Å². The molecule has 2 heterocycles. The molecule has 148 valence electrons. The van der Waals surface area contributed by atoms with Crippen LogP contribution in [-0.4, -0.2) is 52.0 Å². The van der Waals surface area contributed by atoms with Gasteiger partial charge in [0.2, 0.25) is 0 Å². The van der Waals surface area contributed by atoms with Gasteiger partial charge in [0.25, 0.3) is 0 Å². The summed E-state index contributed by atoms with van der Waals surface area (Å²) in [6.45, 7) is 1.26. The molecule has 0 unspecified atom stereocenters. The van der Waals surface area contributed by atoms with Gasteiger partial charge in [-0.15, -0.1) is 4.57 Å². The van der Waals surface area contributed by atoms with Gasteiger partial charge in [0.05, 0.1) is 0 Å². The molecule has 0 radical (unpaired) electrons. The van der Waals surface area contributed by atoms with E-state index in [1.165, 1.54) is 10.3 Å². The Morgan fingerprint density at radius 2 is 1.41 bits per heavy atom. The van der Waals surface area contributed by atoms with Crippen molar-refractivity contribution >= 4 is 30.2 Å². The van der Waals surface area contributed by atoms with Crippen molar-refractivity contribution in [2.75, 3.05) is 38.0 Å². The van der Waals surface area contributed by atoms with Gasteiger partial charge < -0.3 is 31.5 Å². The lowest BCUT2D eigenvalue weighted by Gasteiger charge is -2.10. The maximum atomic E-state index is 10.2. The molecule has 9 heteroatoms. The van der Waals surface area contributed by atoms with Gasteiger partial charge in [-0.25, -0.2) is 4.79 Å². The Morgan fingerprint density at radius 3 is 1.67 bits per heavy atom. The van der Waals surface area contributed by atoms with Crippen LogP contribution in [0.15, 0.2) is 49.1 Å². The Morgan fingerprint density at radius 1 is 0.963 bits per heavy atom.